The molecule has 0 aliphatic carbocycles. The monoisotopic (exact) mass is 349 g/mol. The van der Waals surface area contributed by atoms with Crippen LogP contribution in [0.25, 0.3) is 0 Å². The zero-order chi connectivity index (χ0) is 15.0. The van der Waals surface area contributed by atoms with Crippen LogP contribution in [0, 0.1) is 5.82 Å². The first-order valence-corrected chi connectivity index (χ1v) is 7.83. The molecule has 1 atom stereocenters. The molecule has 1 heterocycles. The molecular weight excluding hydrogens is 333 g/mol. The van der Waals surface area contributed by atoms with Crippen molar-refractivity contribution in [3.63, 3.8) is 0 Å². The minimum absolute atomic E-state index is 0.259. The highest BCUT2D eigenvalue weighted by Gasteiger charge is 2.24. The Balaban J connectivity index is 2.00. The summed E-state index contributed by atoms with van der Waals surface area (Å²) in [5.41, 5.74) is 2.41. The highest BCUT2D eigenvalue weighted by molar-refractivity contribution is 9.10. The molecule has 110 valence electrons. The van der Waals surface area contributed by atoms with Gasteiger partial charge in [0.25, 0.3) is 0 Å². The summed E-state index contributed by atoms with van der Waals surface area (Å²) in [7, 11) is 2.11. The van der Waals surface area contributed by atoms with Gasteiger partial charge in [-0.15, -0.1) is 0 Å². The molecule has 0 amide bonds. The van der Waals surface area contributed by atoms with Gasteiger partial charge in [0.1, 0.15) is 17.3 Å². The summed E-state index contributed by atoms with van der Waals surface area (Å²) < 4.78 is 19.9. The second-order valence-electron chi connectivity index (χ2n) is 5.43. The van der Waals surface area contributed by atoms with Crippen LogP contribution in [0.15, 0.2) is 40.9 Å². The van der Waals surface area contributed by atoms with Gasteiger partial charge < -0.3 is 9.64 Å². The Labute approximate surface area is 132 Å². The third kappa shape index (κ3) is 2.77. The summed E-state index contributed by atoms with van der Waals surface area (Å²) in [5, 5.41) is 0. The number of anilines is 1. The summed E-state index contributed by atoms with van der Waals surface area (Å²) in [6.45, 7) is 2.23. The van der Waals surface area contributed by atoms with Crippen molar-refractivity contribution < 1.29 is 9.13 Å². The Morgan fingerprint density at radius 3 is 2.62 bits per heavy atom. The lowest BCUT2D eigenvalue weighted by Crippen LogP contribution is -2.33. The number of hydrogen-bond acceptors (Lipinski definition) is 2. The Morgan fingerprint density at radius 1 is 1.19 bits per heavy atom. The lowest BCUT2D eigenvalue weighted by atomic mass is 9.96. The van der Waals surface area contributed by atoms with Gasteiger partial charge in [0.05, 0.1) is 4.47 Å². The van der Waals surface area contributed by atoms with E-state index in [0.717, 1.165) is 23.1 Å². The van der Waals surface area contributed by atoms with Crippen molar-refractivity contribution in [2.45, 2.75) is 25.8 Å². The number of benzene rings is 2. The lowest BCUT2D eigenvalue weighted by Gasteiger charge is -2.35. The summed E-state index contributed by atoms with van der Waals surface area (Å²) in [6, 6.07) is 10.8. The first kappa shape index (κ1) is 14.4. The number of nitrogens with zero attached hydrogens (tertiary/aromatic N) is 1. The van der Waals surface area contributed by atoms with Crippen molar-refractivity contribution in [2.24, 2.45) is 0 Å². The quantitative estimate of drug-likeness (QED) is 0.743. The molecule has 0 aromatic heterocycles. The highest BCUT2D eigenvalue weighted by Crippen LogP contribution is 2.42. The van der Waals surface area contributed by atoms with Gasteiger partial charge in [0.15, 0.2) is 0 Å². The van der Waals surface area contributed by atoms with E-state index in [1.165, 1.54) is 23.4 Å². The van der Waals surface area contributed by atoms with Gasteiger partial charge >= 0.3 is 0 Å². The molecule has 3 rings (SSSR count). The molecule has 0 spiro atoms. The Bertz CT molecular complexity index is 657. The van der Waals surface area contributed by atoms with E-state index in [2.05, 4.69) is 40.9 Å². The molecule has 2 aromatic rings. The lowest BCUT2D eigenvalue weighted by molar-refractivity contribution is 0.464. The van der Waals surface area contributed by atoms with Crippen LogP contribution >= 0.6 is 15.9 Å². The van der Waals surface area contributed by atoms with E-state index >= 15 is 0 Å². The summed E-state index contributed by atoms with van der Waals surface area (Å²) in [5.74, 6) is 1.22. The Kier molecular flexibility index (Phi) is 3.89. The second-order valence-corrected chi connectivity index (χ2v) is 6.28. The average molecular weight is 350 g/mol. The number of ether oxygens (including phenoxy) is 1. The van der Waals surface area contributed by atoms with Crippen molar-refractivity contribution in [3.8, 4) is 11.5 Å². The maximum atomic E-state index is 13.0. The molecule has 21 heavy (non-hydrogen) atoms. The van der Waals surface area contributed by atoms with E-state index in [-0.39, 0.29) is 5.82 Å². The first-order chi connectivity index (χ1) is 10.1. The SMILES string of the molecule is C[C@H]1CCc2c(ccc(Br)c2Oc2ccc(F)cc2)N1C. The zero-order valence-corrected chi connectivity index (χ0v) is 13.7. The maximum absolute atomic E-state index is 13.0. The van der Waals surface area contributed by atoms with Crippen LogP contribution in [-0.4, -0.2) is 13.1 Å². The van der Waals surface area contributed by atoms with Crippen molar-refractivity contribution >= 4 is 21.6 Å². The number of hydrogen-bond donors (Lipinski definition) is 0. The van der Waals surface area contributed by atoms with Crippen molar-refractivity contribution in [1.82, 2.24) is 0 Å². The van der Waals surface area contributed by atoms with Crippen molar-refractivity contribution in [3.05, 3.63) is 52.3 Å². The summed E-state index contributed by atoms with van der Waals surface area (Å²) in [4.78, 5) is 2.28. The molecule has 4 heteroatoms. The van der Waals surface area contributed by atoms with Gasteiger partial charge in [-0.05, 0) is 72.1 Å². The van der Waals surface area contributed by atoms with Crippen LogP contribution in [0.1, 0.15) is 18.9 Å². The predicted octanol–water partition coefficient (Wildman–Crippen LogP) is 5.15. The normalized spacial score (nSPS) is 17.5. The topological polar surface area (TPSA) is 12.5 Å². The van der Waals surface area contributed by atoms with E-state index in [1.54, 1.807) is 12.1 Å². The number of rotatable bonds is 2. The van der Waals surface area contributed by atoms with E-state index in [1.807, 2.05) is 6.07 Å². The fourth-order valence-corrected chi connectivity index (χ4v) is 3.13. The van der Waals surface area contributed by atoms with Crippen molar-refractivity contribution in [1.29, 1.82) is 0 Å². The molecule has 0 fully saturated rings. The maximum Gasteiger partial charge on any atom is 0.146 e. The van der Waals surface area contributed by atoms with Crippen molar-refractivity contribution in [2.75, 3.05) is 11.9 Å². The minimum Gasteiger partial charge on any atom is -0.456 e. The Hall–Kier alpha value is -1.55. The largest absolute Gasteiger partial charge is 0.456 e. The molecule has 1 aliphatic heterocycles. The van der Waals surface area contributed by atoms with Gasteiger partial charge in [0.2, 0.25) is 0 Å². The van der Waals surface area contributed by atoms with E-state index in [0.29, 0.717) is 11.8 Å². The van der Waals surface area contributed by atoms with Crippen LogP contribution < -0.4 is 9.64 Å². The second kappa shape index (κ2) is 5.68. The third-order valence-electron chi connectivity index (χ3n) is 4.07. The van der Waals surface area contributed by atoms with Gasteiger partial charge in [-0.25, -0.2) is 4.39 Å². The molecule has 0 radical (unpaired) electrons. The molecule has 0 N–H and O–H groups in total. The van der Waals surface area contributed by atoms with Gasteiger partial charge in [-0.3, -0.25) is 0 Å². The van der Waals surface area contributed by atoms with Crippen LogP contribution in [0.2, 0.25) is 0 Å². The first-order valence-electron chi connectivity index (χ1n) is 7.04. The third-order valence-corrected chi connectivity index (χ3v) is 4.70. The molecule has 1 aliphatic rings. The number of halogens is 2. The van der Waals surface area contributed by atoms with Crippen LogP contribution in [0.4, 0.5) is 10.1 Å². The zero-order valence-electron chi connectivity index (χ0n) is 12.1. The van der Waals surface area contributed by atoms with E-state index in [4.69, 9.17) is 4.74 Å². The predicted molar refractivity (Wildman–Crippen MR) is 86.8 cm³/mol. The standard InChI is InChI=1S/C17H17BrFNO/c1-11-3-8-14-16(20(11)2)10-9-15(18)17(14)21-13-6-4-12(19)5-7-13/h4-7,9-11H,3,8H2,1-2H3/t11-/m0/s1. The Morgan fingerprint density at radius 2 is 1.90 bits per heavy atom. The highest BCUT2D eigenvalue weighted by atomic mass is 79.9. The molecular formula is C17H17BrFNO. The van der Waals surface area contributed by atoms with Gasteiger partial charge in [0, 0.05) is 24.3 Å². The molecule has 0 saturated heterocycles. The van der Waals surface area contributed by atoms with Crippen LogP contribution in [0.3, 0.4) is 0 Å². The smallest absolute Gasteiger partial charge is 0.146 e. The average Bonchev–Trinajstić information content (AvgIpc) is 2.48. The van der Waals surface area contributed by atoms with E-state index in [9.17, 15) is 4.39 Å². The van der Waals surface area contributed by atoms with Crippen LogP contribution in [0.5, 0.6) is 11.5 Å². The van der Waals surface area contributed by atoms with Gasteiger partial charge in [-0.1, -0.05) is 0 Å². The summed E-state index contributed by atoms with van der Waals surface area (Å²) >= 11 is 3.56. The van der Waals surface area contributed by atoms with Gasteiger partial charge in [-0.2, -0.15) is 0 Å². The molecule has 0 unspecified atom stereocenters. The fourth-order valence-electron chi connectivity index (χ4n) is 2.68. The number of fused-ring (bicyclic) bond motifs is 1. The van der Waals surface area contributed by atoms with E-state index < -0.39 is 0 Å². The summed E-state index contributed by atoms with van der Waals surface area (Å²) in [6.07, 6.45) is 2.08. The molecule has 2 nitrogen and oxygen atoms in total. The molecule has 0 saturated carbocycles. The molecule has 2 aromatic carbocycles. The van der Waals surface area contributed by atoms with Crippen LogP contribution in [-0.2, 0) is 6.42 Å². The minimum atomic E-state index is -0.259. The molecule has 0 bridgehead atoms. The fraction of sp³-hybridized carbons (Fsp3) is 0.294.